The van der Waals surface area contributed by atoms with E-state index < -0.39 is 10.0 Å². The minimum Gasteiger partial charge on any atom is -0.378 e. The molecule has 6 nitrogen and oxygen atoms in total. The molecular weight excluding hydrogens is 359 g/mol. The molecule has 0 aliphatic carbocycles. The lowest BCUT2D eigenvalue weighted by Gasteiger charge is -2.26. The maximum absolute atomic E-state index is 12.9. The third-order valence-electron chi connectivity index (χ3n) is 4.09. The first-order valence-corrected chi connectivity index (χ1v) is 9.65. The summed E-state index contributed by atoms with van der Waals surface area (Å²) in [5.74, 6) is -0.520. The first-order chi connectivity index (χ1) is 12.5. The van der Waals surface area contributed by atoms with Gasteiger partial charge < -0.3 is 9.64 Å². The zero-order valence-corrected chi connectivity index (χ0v) is 14.8. The molecule has 1 N–H and O–H groups in total. The Morgan fingerprint density at radius 3 is 2.27 bits per heavy atom. The summed E-state index contributed by atoms with van der Waals surface area (Å²) in [7, 11) is -3.72. The number of benzene rings is 2. The topological polar surface area (TPSA) is 75.7 Å². The highest BCUT2D eigenvalue weighted by atomic mass is 32.2. The minimum atomic E-state index is -3.72. The lowest BCUT2D eigenvalue weighted by atomic mass is 10.2. The zero-order valence-electron chi connectivity index (χ0n) is 14.0. The minimum absolute atomic E-state index is 0.0527. The normalized spacial score (nSPS) is 15.0. The number of rotatable bonds is 5. The lowest BCUT2D eigenvalue weighted by Crippen LogP contribution is -2.40. The van der Waals surface area contributed by atoms with Crippen molar-refractivity contribution >= 4 is 15.9 Å². The Morgan fingerprint density at radius 1 is 1.04 bits per heavy atom. The van der Waals surface area contributed by atoms with Crippen LogP contribution in [0.15, 0.2) is 53.4 Å². The van der Waals surface area contributed by atoms with Crippen LogP contribution in [0.5, 0.6) is 0 Å². The quantitative estimate of drug-likeness (QED) is 0.861. The van der Waals surface area contributed by atoms with Gasteiger partial charge in [-0.1, -0.05) is 12.1 Å². The van der Waals surface area contributed by atoms with E-state index in [0.717, 1.165) is 0 Å². The molecule has 0 radical (unpaired) electrons. The van der Waals surface area contributed by atoms with Gasteiger partial charge in [0.05, 0.1) is 18.1 Å². The number of morpholine rings is 1. The Balaban J connectivity index is 1.66. The van der Waals surface area contributed by atoms with Crippen LogP contribution in [0, 0.1) is 5.82 Å². The molecule has 138 valence electrons. The van der Waals surface area contributed by atoms with Crippen LogP contribution in [0.1, 0.15) is 15.9 Å². The average molecular weight is 378 g/mol. The van der Waals surface area contributed by atoms with Gasteiger partial charge in [-0.2, -0.15) is 0 Å². The van der Waals surface area contributed by atoms with Crippen molar-refractivity contribution in [1.29, 1.82) is 0 Å². The third kappa shape index (κ3) is 4.46. The van der Waals surface area contributed by atoms with E-state index in [1.165, 1.54) is 48.5 Å². The van der Waals surface area contributed by atoms with Crippen LogP contribution >= 0.6 is 0 Å². The highest BCUT2D eigenvalue weighted by Crippen LogP contribution is 2.14. The van der Waals surface area contributed by atoms with Crippen LogP contribution in [0.25, 0.3) is 0 Å². The molecule has 1 amide bonds. The van der Waals surface area contributed by atoms with E-state index in [1.54, 1.807) is 4.90 Å². The van der Waals surface area contributed by atoms with Crippen molar-refractivity contribution in [3.63, 3.8) is 0 Å². The van der Waals surface area contributed by atoms with Gasteiger partial charge in [0.25, 0.3) is 5.91 Å². The molecule has 0 saturated carbocycles. The summed E-state index contributed by atoms with van der Waals surface area (Å²) < 4.78 is 45.3. The van der Waals surface area contributed by atoms with Gasteiger partial charge >= 0.3 is 0 Å². The molecule has 0 spiro atoms. The molecule has 1 aliphatic rings. The molecule has 1 heterocycles. The summed E-state index contributed by atoms with van der Waals surface area (Å²) in [6.07, 6.45) is 0. The van der Waals surface area contributed by atoms with E-state index in [9.17, 15) is 17.6 Å². The van der Waals surface area contributed by atoms with E-state index in [2.05, 4.69) is 4.72 Å². The fourth-order valence-corrected chi connectivity index (χ4v) is 3.61. The molecule has 3 rings (SSSR count). The summed E-state index contributed by atoms with van der Waals surface area (Å²) in [4.78, 5) is 14.1. The molecule has 2 aromatic carbocycles. The number of nitrogens with zero attached hydrogens (tertiary/aromatic N) is 1. The van der Waals surface area contributed by atoms with Crippen LogP contribution in [0.2, 0.25) is 0 Å². The second-order valence-electron chi connectivity index (χ2n) is 5.88. The van der Waals surface area contributed by atoms with E-state index >= 15 is 0 Å². The number of ether oxygens (including phenoxy) is 1. The fraction of sp³-hybridized carbons (Fsp3) is 0.278. The summed E-state index contributed by atoms with van der Waals surface area (Å²) in [5.41, 5.74) is 1.08. The van der Waals surface area contributed by atoms with Gasteiger partial charge in [-0.3, -0.25) is 4.79 Å². The van der Waals surface area contributed by atoms with E-state index in [4.69, 9.17) is 4.74 Å². The van der Waals surface area contributed by atoms with E-state index in [1.807, 2.05) is 0 Å². The molecule has 1 saturated heterocycles. The largest absolute Gasteiger partial charge is 0.378 e. The predicted molar refractivity (Wildman–Crippen MR) is 93.6 cm³/mol. The summed E-state index contributed by atoms with van der Waals surface area (Å²) in [6, 6.07) is 11.4. The number of carbonyl (C=O) groups excluding carboxylic acids is 1. The van der Waals surface area contributed by atoms with Gasteiger partial charge in [0.15, 0.2) is 0 Å². The van der Waals surface area contributed by atoms with E-state index in [0.29, 0.717) is 37.4 Å². The smallest absolute Gasteiger partial charge is 0.254 e. The third-order valence-corrected chi connectivity index (χ3v) is 5.51. The summed E-state index contributed by atoms with van der Waals surface area (Å²) >= 11 is 0. The van der Waals surface area contributed by atoms with Crippen LogP contribution < -0.4 is 4.72 Å². The number of sulfonamides is 1. The SMILES string of the molecule is O=C(c1ccc(S(=O)(=O)NCc2ccc(F)cc2)cc1)N1CCOCC1. The number of hydrogen-bond donors (Lipinski definition) is 1. The number of hydrogen-bond acceptors (Lipinski definition) is 4. The van der Waals surface area contributed by atoms with Crippen molar-refractivity contribution in [2.75, 3.05) is 26.3 Å². The fourth-order valence-electron chi connectivity index (χ4n) is 2.59. The van der Waals surface area contributed by atoms with Crippen molar-refractivity contribution in [3.05, 3.63) is 65.5 Å². The molecule has 0 unspecified atom stereocenters. The lowest BCUT2D eigenvalue weighted by molar-refractivity contribution is 0.0303. The molecule has 1 aliphatic heterocycles. The number of halogens is 1. The average Bonchev–Trinajstić information content (AvgIpc) is 2.68. The molecule has 2 aromatic rings. The van der Waals surface area contributed by atoms with Gasteiger partial charge in [-0.15, -0.1) is 0 Å². The predicted octanol–water partition coefficient (Wildman–Crippen LogP) is 1.78. The van der Waals surface area contributed by atoms with Crippen molar-refractivity contribution in [2.45, 2.75) is 11.4 Å². The van der Waals surface area contributed by atoms with E-state index in [-0.39, 0.29) is 23.2 Å². The second kappa shape index (κ2) is 7.94. The van der Waals surface area contributed by atoms with Gasteiger partial charge in [0, 0.05) is 25.2 Å². The molecule has 8 heteroatoms. The van der Waals surface area contributed by atoms with Crippen LogP contribution in [0.3, 0.4) is 0 Å². The highest BCUT2D eigenvalue weighted by Gasteiger charge is 2.20. The molecular formula is C18H19FN2O4S. The van der Waals surface area contributed by atoms with Crippen LogP contribution in [-0.2, 0) is 21.3 Å². The Hall–Kier alpha value is -2.29. The first-order valence-electron chi connectivity index (χ1n) is 8.17. The monoisotopic (exact) mass is 378 g/mol. The second-order valence-corrected chi connectivity index (χ2v) is 7.65. The maximum Gasteiger partial charge on any atom is 0.254 e. The first kappa shape index (κ1) is 18.5. The van der Waals surface area contributed by atoms with Gasteiger partial charge in [0.2, 0.25) is 10.0 Å². The maximum atomic E-state index is 12.9. The summed E-state index contributed by atoms with van der Waals surface area (Å²) in [5, 5.41) is 0. The highest BCUT2D eigenvalue weighted by molar-refractivity contribution is 7.89. The number of amides is 1. The molecule has 1 fully saturated rings. The van der Waals surface area contributed by atoms with Crippen molar-refractivity contribution < 1.29 is 22.3 Å². The van der Waals surface area contributed by atoms with Crippen molar-refractivity contribution in [2.24, 2.45) is 0 Å². The Kier molecular flexibility index (Phi) is 5.65. The summed E-state index contributed by atoms with van der Waals surface area (Å²) in [6.45, 7) is 2.12. The Bertz CT molecular complexity index is 861. The molecule has 26 heavy (non-hydrogen) atoms. The number of nitrogens with one attached hydrogen (secondary N) is 1. The molecule has 0 aromatic heterocycles. The van der Waals surface area contributed by atoms with Gasteiger partial charge in [-0.05, 0) is 42.0 Å². The Labute approximate surface area is 151 Å². The van der Waals surface area contributed by atoms with Gasteiger partial charge in [0.1, 0.15) is 5.82 Å². The van der Waals surface area contributed by atoms with Crippen molar-refractivity contribution in [3.8, 4) is 0 Å². The Morgan fingerprint density at radius 2 is 1.65 bits per heavy atom. The zero-order chi connectivity index (χ0) is 18.6. The van der Waals surface area contributed by atoms with Crippen LogP contribution in [0.4, 0.5) is 4.39 Å². The number of carbonyl (C=O) groups is 1. The molecule has 0 atom stereocenters. The van der Waals surface area contributed by atoms with Crippen molar-refractivity contribution in [1.82, 2.24) is 9.62 Å². The van der Waals surface area contributed by atoms with Crippen LogP contribution in [-0.4, -0.2) is 45.5 Å². The van der Waals surface area contributed by atoms with Gasteiger partial charge in [-0.25, -0.2) is 17.5 Å². The standard InChI is InChI=1S/C18H19FN2O4S/c19-16-5-1-14(2-6-16)13-20-26(23,24)17-7-3-15(4-8-17)18(22)21-9-11-25-12-10-21/h1-8,20H,9-13H2. The molecule has 0 bridgehead atoms.